The topological polar surface area (TPSA) is 51.5 Å². The summed E-state index contributed by atoms with van der Waals surface area (Å²) in [6, 6.07) is 8.92. The van der Waals surface area contributed by atoms with Gasteiger partial charge in [-0.05, 0) is 52.3 Å². The molecule has 1 N–H and O–H groups in total. The Bertz CT molecular complexity index is 1150. The molecule has 0 saturated carbocycles. The van der Waals surface area contributed by atoms with Crippen LogP contribution in [0.25, 0.3) is 16.7 Å². The minimum absolute atomic E-state index is 0.302. The Kier molecular flexibility index (Phi) is 4.35. The molecule has 0 amide bonds. The number of nitrogens with zero attached hydrogens (tertiary/aromatic N) is 3. The second-order valence-electron chi connectivity index (χ2n) is 5.53. The number of ether oxygens (including phenoxy) is 1. The second-order valence-corrected chi connectivity index (χ2v) is 6.80. The van der Waals surface area contributed by atoms with Gasteiger partial charge in [0.2, 0.25) is 0 Å². The molecule has 0 radical (unpaired) electrons. The average Bonchev–Trinajstić information content (AvgIpc) is 3.07. The summed E-state index contributed by atoms with van der Waals surface area (Å²) < 4.78 is 43.2. The van der Waals surface area contributed by atoms with Gasteiger partial charge in [-0.15, -0.1) is 13.2 Å². The first-order chi connectivity index (χ1) is 12.8. The molecule has 0 fully saturated rings. The van der Waals surface area contributed by atoms with Gasteiger partial charge in [0.05, 0.1) is 16.1 Å². The maximum Gasteiger partial charge on any atom is 0.573 e. The molecule has 0 aliphatic rings. The van der Waals surface area contributed by atoms with Crippen molar-refractivity contribution in [3.63, 3.8) is 0 Å². The molecule has 2 aromatic carbocycles. The van der Waals surface area contributed by atoms with Crippen LogP contribution in [0, 0.1) is 0 Å². The summed E-state index contributed by atoms with van der Waals surface area (Å²) in [5, 5.41) is 3.61. The molecule has 0 spiro atoms. The summed E-state index contributed by atoms with van der Waals surface area (Å²) in [6.07, 6.45) is -1.33. The highest BCUT2D eigenvalue weighted by molar-refractivity contribution is 9.10. The number of imidazole rings is 1. The van der Waals surface area contributed by atoms with Crippen LogP contribution in [-0.4, -0.2) is 20.7 Å². The standard InChI is InChI=1S/C17H9BrClF3N4O/c18-11-7-13-14(8-12(11)19)26-6-5-23-16(26)15(25-13)24-9-1-3-10(4-2-9)27-17(20,21)22/h1-8H,(H,24,25). The quantitative estimate of drug-likeness (QED) is 0.414. The Morgan fingerprint density at radius 2 is 1.89 bits per heavy atom. The van der Waals surface area contributed by atoms with Gasteiger partial charge in [0.25, 0.3) is 0 Å². The molecule has 0 unspecified atom stereocenters. The Balaban J connectivity index is 1.73. The normalized spacial score (nSPS) is 11.9. The number of benzene rings is 2. The Morgan fingerprint density at radius 3 is 2.59 bits per heavy atom. The molecule has 2 heterocycles. The van der Waals surface area contributed by atoms with Gasteiger partial charge >= 0.3 is 6.36 Å². The lowest BCUT2D eigenvalue weighted by Gasteiger charge is -2.12. The summed E-state index contributed by atoms with van der Waals surface area (Å²) in [7, 11) is 0. The van der Waals surface area contributed by atoms with Crippen LogP contribution in [0.5, 0.6) is 5.75 Å². The minimum Gasteiger partial charge on any atom is -0.406 e. The molecule has 138 valence electrons. The van der Waals surface area contributed by atoms with E-state index in [1.807, 2.05) is 4.40 Å². The first-order valence-electron chi connectivity index (χ1n) is 7.55. The van der Waals surface area contributed by atoms with E-state index in [9.17, 15) is 13.2 Å². The summed E-state index contributed by atoms with van der Waals surface area (Å²) in [6.45, 7) is 0. The van der Waals surface area contributed by atoms with Gasteiger partial charge in [-0.25, -0.2) is 9.97 Å². The number of aromatic nitrogens is 3. The van der Waals surface area contributed by atoms with Gasteiger partial charge in [-0.2, -0.15) is 0 Å². The largest absolute Gasteiger partial charge is 0.573 e. The number of rotatable bonds is 3. The van der Waals surface area contributed by atoms with Crippen LogP contribution in [0.3, 0.4) is 0 Å². The van der Waals surface area contributed by atoms with Gasteiger partial charge in [-0.1, -0.05) is 11.6 Å². The van der Waals surface area contributed by atoms with Gasteiger partial charge in [0.15, 0.2) is 11.5 Å². The van der Waals surface area contributed by atoms with Gasteiger partial charge in [0, 0.05) is 22.6 Å². The predicted molar refractivity (Wildman–Crippen MR) is 99.6 cm³/mol. The maximum absolute atomic E-state index is 12.3. The van der Waals surface area contributed by atoms with E-state index >= 15 is 0 Å². The lowest BCUT2D eigenvalue weighted by atomic mass is 10.3. The van der Waals surface area contributed by atoms with E-state index < -0.39 is 6.36 Å². The van der Waals surface area contributed by atoms with Crippen LogP contribution in [-0.2, 0) is 0 Å². The number of nitrogens with one attached hydrogen (secondary N) is 1. The van der Waals surface area contributed by atoms with Crippen molar-refractivity contribution in [1.29, 1.82) is 0 Å². The van der Waals surface area contributed by atoms with E-state index in [0.717, 1.165) is 5.52 Å². The van der Waals surface area contributed by atoms with Crippen molar-refractivity contribution >= 4 is 55.7 Å². The minimum atomic E-state index is -4.73. The van der Waals surface area contributed by atoms with E-state index in [1.54, 1.807) is 24.5 Å². The summed E-state index contributed by atoms with van der Waals surface area (Å²) in [4.78, 5) is 8.85. The molecule has 4 aromatic rings. The summed E-state index contributed by atoms with van der Waals surface area (Å²) >= 11 is 9.54. The van der Waals surface area contributed by atoms with Crippen LogP contribution >= 0.6 is 27.5 Å². The van der Waals surface area contributed by atoms with Crippen LogP contribution in [0.2, 0.25) is 5.02 Å². The fourth-order valence-electron chi connectivity index (χ4n) is 2.61. The number of anilines is 2. The van der Waals surface area contributed by atoms with Crippen molar-refractivity contribution in [2.45, 2.75) is 6.36 Å². The highest BCUT2D eigenvalue weighted by atomic mass is 79.9. The zero-order valence-corrected chi connectivity index (χ0v) is 15.6. The number of fused-ring (bicyclic) bond motifs is 3. The Labute approximate surface area is 163 Å². The number of hydrogen-bond acceptors (Lipinski definition) is 4. The number of alkyl halides is 3. The predicted octanol–water partition coefficient (Wildman–Crippen LogP) is 5.94. The molecule has 27 heavy (non-hydrogen) atoms. The van der Waals surface area contributed by atoms with Crippen molar-refractivity contribution < 1.29 is 17.9 Å². The zero-order valence-electron chi connectivity index (χ0n) is 13.3. The van der Waals surface area contributed by atoms with Crippen LogP contribution < -0.4 is 10.1 Å². The van der Waals surface area contributed by atoms with Crippen molar-refractivity contribution in [3.05, 3.63) is 58.3 Å². The van der Waals surface area contributed by atoms with E-state index in [2.05, 4.69) is 36.0 Å². The van der Waals surface area contributed by atoms with E-state index in [-0.39, 0.29) is 5.75 Å². The van der Waals surface area contributed by atoms with Gasteiger partial charge < -0.3 is 10.1 Å². The molecule has 0 atom stereocenters. The first-order valence-corrected chi connectivity index (χ1v) is 8.72. The SMILES string of the molecule is FC(F)(F)Oc1ccc(Nc2nc3cc(Br)c(Cl)cc3n3ccnc23)cc1. The summed E-state index contributed by atoms with van der Waals surface area (Å²) in [5.74, 6) is 0.148. The Hall–Kier alpha value is -2.52. The first kappa shape index (κ1) is 17.9. The van der Waals surface area contributed by atoms with Crippen molar-refractivity contribution in [3.8, 4) is 5.75 Å². The third-order valence-corrected chi connectivity index (χ3v) is 4.91. The average molecular weight is 458 g/mol. The second kappa shape index (κ2) is 6.58. The Morgan fingerprint density at radius 1 is 1.15 bits per heavy atom. The molecule has 0 aliphatic heterocycles. The van der Waals surface area contributed by atoms with E-state index in [1.165, 1.54) is 24.3 Å². The molecule has 0 saturated heterocycles. The molecular formula is C17H9BrClF3N4O. The molecule has 2 aromatic heterocycles. The highest BCUT2D eigenvalue weighted by Crippen LogP contribution is 2.31. The van der Waals surface area contributed by atoms with Crippen LogP contribution in [0.15, 0.2) is 53.3 Å². The molecule has 10 heteroatoms. The fourth-order valence-corrected chi connectivity index (χ4v) is 3.10. The van der Waals surface area contributed by atoms with Crippen LogP contribution in [0.4, 0.5) is 24.7 Å². The molecule has 5 nitrogen and oxygen atoms in total. The molecule has 0 aliphatic carbocycles. The zero-order chi connectivity index (χ0) is 19.2. The fraction of sp³-hybridized carbons (Fsp3) is 0.0588. The smallest absolute Gasteiger partial charge is 0.406 e. The summed E-state index contributed by atoms with van der Waals surface area (Å²) in [5.41, 5.74) is 2.53. The van der Waals surface area contributed by atoms with Crippen molar-refractivity contribution in [2.24, 2.45) is 0 Å². The lowest BCUT2D eigenvalue weighted by molar-refractivity contribution is -0.274. The molecule has 0 bridgehead atoms. The molecule has 4 rings (SSSR count). The van der Waals surface area contributed by atoms with Crippen molar-refractivity contribution in [1.82, 2.24) is 14.4 Å². The van der Waals surface area contributed by atoms with Gasteiger partial charge in [-0.3, -0.25) is 4.40 Å². The lowest BCUT2D eigenvalue weighted by Crippen LogP contribution is -2.16. The monoisotopic (exact) mass is 456 g/mol. The highest BCUT2D eigenvalue weighted by Gasteiger charge is 2.30. The molecular weight excluding hydrogens is 449 g/mol. The maximum atomic E-state index is 12.3. The van der Waals surface area contributed by atoms with Gasteiger partial charge in [0.1, 0.15) is 5.75 Å². The van der Waals surface area contributed by atoms with Crippen molar-refractivity contribution in [2.75, 3.05) is 5.32 Å². The number of halogens is 5. The third-order valence-electron chi connectivity index (χ3n) is 3.71. The van der Waals surface area contributed by atoms with Crippen LogP contribution in [0.1, 0.15) is 0 Å². The third kappa shape index (κ3) is 3.65. The van der Waals surface area contributed by atoms with E-state index in [0.29, 0.717) is 32.2 Å². The number of hydrogen-bond donors (Lipinski definition) is 1. The van der Waals surface area contributed by atoms with E-state index in [4.69, 9.17) is 11.6 Å².